The largest absolute Gasteiger partial charge is 0.370 e. The molecular formula is C24H22FN5O. The van der Waals surface area contributed by atoms with Gasteiger partial charge in [0.15, 0.2) is 0 Å². The van der Waals surface area contributed by atoms with Crippen LogP contribution in [0.15, 0.2) is 85.3 Å². The van der Waals surface area contributed by atoms with E-state index in [2.05, 4.69) is 15.0 Å². The lowest BCUT2D eigenvalue weighted by atomic mass is 10.0. The third-order valence-corrected chi connectivity index (χ3v) is 4.42. The minimum atomic E-state index is -0.282. The number of hydrogen-bond donors (Lipinski definition) is 2. The van der Waals surface area contributed by atoms with Crippen LogP contribution in [-0.2, 0) is 11.2 Å². The monoisotopic (exact) mass is 415 g/mol. The molecule has 7 heteroatoms. The van der Waals surface area contributed by atoms with Crippen LogP contribution in [0.25, 0.3) is 22.4 Å². The van der Waals surface area contributed by atoms with Crippen molar-refractivity contribution in [2.75, 3.05) is 5.73 Å². The van der Waals surface area contributed by atoms with E-state index in [0.717, 1.165) is 28.7 Å². The highest BCUT2D eigenvalue weighted by Gasteiger charge is 2.10. The first kappa shape index (κ1) is 21.6. The molecule has 0 aliphatic rings. The summed E-state index contributed by atoms with van der Waals surface area (Å²) in [6.07, 6.45) is 6.19. The van der Waals surface area contributed by atoms with Gasteiger partial charge in [0.25, 0.3) is 0 Å². The SMILES string of the molecule is NC(=O)CCc1ccccc1.Nc1ncc(-c2ccc(F)cc2)c(-c2ccncc2)n1. The van der Waals surface area contributed by atoms with E-state index in [0.29, 0.717) is 12.1 Å². The number of rotatable bonds is 5. The molecule has 0 aliphatic carbocycles. The smallest absolute Gasteiger partial charge is 0.220 e. The van der Waals surface area contributed by atoms with Crippen LogP contribution in [0.4, 0.5) is 10.3 Å². The number of hydrogen-bond acceptors (Lipinski definition) is 5. The third kappa shape index (κ3) is 6.43. The van der Waals surface area contributed by atoms with Crippen molar-refractivity contribution >= 4 is 11.9 Å². The zero-order chi connectivity index (χ0) is 22.1. The molecule has 0 unspecified atom stereocenters. The van der Waals surface area contributed by atoms with Crippen LogP contribution in [0.2, 0.25) is 0 Å². The van der Waals surface area contributed by atoms with Gasteiger partial charge in [0.2, 0.25) is 11.9 Å². The third-order valence-electron chi connectivity index (χ3n) is 4.42. The van der Waals surface area contributed by atoms with Gasteiger partial charge >= 0.3 is 0 Å². The van der Waals surface area contributed by atoms with E-state index in [-0.39, 0.29) is 17.7 Å². The Morgan fingerprint density at radius 2 is 1.58 bits per heavy atom. The molecule has 156 valence electrons. The van der Waals surface area contributed by atoms with Gasteiger partial charge in [-0.3, -0.25) is 9.78 Å². The maximum Gasteiger partial charge on any atom is 0.220 e. The van der Waals surface area contributed by atoms with Gasteiger partial charge in [-0.25, -0.2) is 14.4 Å². The summed E-state index contributed by atoms with van der Waals surface area (Å²) in [5.41, 5.74) is 15.0. The Morgan fingerprint density at radius 3 is 2.23 bits per heavy atom. The van der Waals surface area contributed by atoms with Crippen molar-refractivity contribution in [2.24, 2.45) is 5.73 Å². The first-order valence-electron chi connectivity index (χ1n) is 9.64. The van der Waals surface area contributed by atoms with Gasteiger partial charge in [-0.15, -0.1) is 0 Å². The number of benzene rings is 2. The minimum absolute atomic E-state index is 0.197. The van der Waals surface area contributed by atoms with E-state index in [4.69, 9.17) is 11.5 Å². The lowest BCUT2D eigenvalue weighted by Crippen LogP contribution is -2.10. The van der Waals surface area contributed by atoms with Crippen molar-refractivity contribution in [3.05, 3.63) is 96.7 Å². The number of pyridine rings is 1. The van der Waals surface area contributed by atoms with Gasteiger partial charge in [0.05, 0.1) is 5.69 Å². The molecule has 0 aliphatic heterocycles. The second kappa shape index (κ2) is 10.6. The highest BCUT2D eigenvalue weighted by atomic mass is 19.1. The number of aromatic nitrogens is 3. The molecule has 4 rings (SSSR count). The summed E-state index contributed by atoms with van der Waals surface area (Å²) < 4.78 is 13.0. The van der Waals surface area contributed by atoms with E-state index in [1.165, 1.54) is 12.1 Å². The number of halogens is 1. The second-order valence-corrected chi connectivity index (χ2v) is 6.69. The molecule has 2 aromatic carbocycles. The highest BCUT2D eigenvalue weighted by Crippen LogP contribution is 2.30. The molecule has 0 bridgehead atoms. The van der Waals surface area contributed by atoms with Gasteiger partial charge in [0.1, 0.15) is 5.82 Å². The lowest BCUT2D eigenvalue weighted by molar-refractivity contribution is -0.117. The number of nitrogens with zero attached hydrogens (tertiary/aromatic N) is 3. The van der Waals surface area contributed by atoms with Crippen molar-refractivity contribution in [2.45, 2.75) is 12.8 Å². The van der Waals surface area contributed by atoms with Crippen LogP contribution in [-0.4, -0.2) is 20.9 Å². The van der Waals surface area contributed by atoms with E-state index in [1.807, 2.05) is 42.5 Å². The number of aryl methyl sites for hydroxylation is 1. The Hall–Kier alpha value is -4.13. The number of carbonyl (C=O) groups excluding carboxylic acids is 1. The number of anilines is 1. The summed E-state index contributed by atoms with van der Waals surface area (Å²) in [5.74, 6) is -0.327. The van der Waals surface area contributed by atoms with Gasteiger partial charge in [-0.2, -0.15) is 0 Å². The summed E-state index contributed by atoms with van der Waals surface area (Å²) in [5, 5.41) is 0. The van der Waals surface area contributed by atoms with Crippen molar-refractivity contribution in [1.29, 1.82) is 0 Å². The molecule has 0 fully saturated rings. The Kier molecular flexibility index (Phi) is 7.37. The molecule has 2 aromatic heterocycles. The number of carbonyl (C=O) groups is 1. The van der Waals surface area contributed by atoms with Crippen LogP contribution >= 0.6 is 0 Å². The second-order valence-electron chi connectivity index (χ2n) is 6.69. The quantitative estimate of drug-likeness (QED) is 0.512. The minimum Gasteiger partial charge on any atom is -0.370 e. The van der Waals surface area contributed by atoms with Crippen LogP contribution in [0.3, 0.4) is 0 Å². The fourth-order valence-corrected chi connectivity index (χ4v) is 2.88. The summed E-state index contributed by atoms with van der Waals surface area (Å²) in [4.78, 5) is 22.7. The van der Waals surface area contributed by atoms with Crippen molar-refractivity contribution in [3.63, 3.8) is 0 Å². The zero-order valence-corrected chi connectivity index (χ0v) is 16.8. The number of primary amides is 1. The molecule has 6 nitrogen and oxygen atoms in total. The Balaban J connectivity index is 0.000000210. The fourth-order valence-electron chi connectivity index (χ4n) is 2.88. The molecule has 0 atom stereocenters. The Bertz CT molecular complexity index is 1120. The Morgan fingerprint density at radius 1 is 0.903 bits per heavy atom. The van der Waals surface area contributed by atoms with Gasteiger partial charge < -0.3 is 11.5 Å². The molecule has 0 saturated heterocycles. The molecule has 4 N–H and O–H groups in total. The van der Waals surface area contributed by atoms with Crippen molar-refractivity contribution < 1.29 is 9.18 Å². The summed E-state index contributed by atoms with van der Waals surface area (Å²) in [6.45, 7) is 0. The fraction of sp³-hybridized carbons (Fsp3) is 0.0833. The maximum atomic E-state index is 13.0. The summed E-state index contributed by atoms with van der Waals surface area (Å²) in [6, 6.07) is 19.7. The van der Waals surface area contributed by atoms with Crippen molar-refractivity contribution in [3.8, 4) is 22.4 Å². The van der Waals surface area contributed by atoms with Crippen molar-refractivity contribution in [1.82, 2.24) is 15.0 Å². The predicted octanol–water partition coefficient (Wildman–Crippen LogP) is 4.03. The van der Waals surface area contributed by atoms with E-state index in [1.54, 1.807) is 30.7 Å². The molecule has 1 amide bonds. The molecule has 0 saturated carbocycles. The average Bonchev–Trinajstić information content (AvgIpc) is 2.80. The first-order valence-corrected chi connectivity index (χ1v) is 9.64. The van der Waals surface area contributed by atoms with Crippen LogP contribution in [0.1, 0.15) is 12.0 Å². The van der Waals surface area contributed by atoms with Crippen LogP contribution in [0.5, 0.6) is 0 Å². The first-order chi connectivity index (χ1) is 15.0. The topological polar surface area (TPSA) is 108 Å². The highest BCUT2D eigenvalue weighted by molar-refractivity contribution is 5.80. The van der Waals surface area contributed by atoms with Gasteiger partial charge in [-0.1, -0.05) is 42.5 Å². The van der Waals surface area contributed by atoms with Crippen LogP contribution < -0.4 is 11.5 Å². The summed E-state index contributed by atoms with van der Waals surface area (Å²) in [7, 11) is 0. The number of nitrogens with two attached hydrogens (primary N) is 2. The zero-order valence-electron chi connectivity index (χ0n) is 16.8. The molecule has 31 heavy (non-hydrogen) atoms. The molecule has 2 heterocycles. The normalized spacial score (nSPS) is 10.1. The number of amides is 1. The molecule has 0 spiro atoms. The van der Waals surface area contributed by atoms with E-state index in [9.17, 15) is 9.18 Å². The predicted molar refractivity (Wildman–Crippen MR) is 119 cm³/mol. The Labute approximate surface area is 179 Å². The average molecular weight is 415 g/mol. The standard InChI is InChI=1S/C15H11FN4.C9H11NO/c16-12-3-1-10(2-4-12)13-9-19-15(17)20-14(13)11-5-7-18-8-6-11;10-9(11)7-6-8-4-2-1-3-5-8/h1-9H,(H2,17,19,20);1-5H,6-7H2,(H2,10,11). The van der Waals surface area contributed by atoms with Gasteiger partial charge in [0, 0.05) is 36.1 Å². The molecular weight excluding hydrogens is 393 g/mol. The number of nitrogen functional groups attached to an aromatic ring is 1. The van der Waals surface area contributed by atoms with E-state index < -0.39 is 0 Å². The maximum absolute atomic E-state index is 13.0. The lowest BCUT2D eigenvalue weighted by Gasteiger charge is -2.09. The molecule has 4 aromatic rings. The van der Waals surface area contributed by atoms with Crippen LogP contribution in [0, 0.1) is 5.82 Å². The van der Waals surface area contributed by atoms with E-state index >= 15 is 0 Å². The van der Waals surface area contributed by atoms with Gasteiger partial charge in [-0.05, 0) is 41.8 Å². The molecule has 0 radical (unpaired) electrons. The summed E-state index contributed by atoms with van der Waals surface area (Å²) >= 11 is 0.